The first-order chi connectivity index (χ1) is 11.6. The van der Waals surface area contributed by atoms with E-state index < -0.39 is 0 Å². The van der Waals surface area contributed by atoms with Crippen molar-refractivity contribution >= 4 is 34.5 Å². The molecular formula is C18H16N2O3S. The standard InChI is InChI=1S/C18H16N2O3S/c1-22-14-7-3-12(4-8-14)19-16-11-17(21)20(18(16)24)13-5-9-15(23-2)10-6-13/h3-11,19H,1-2H3. The van der Waals surface area contributed by atoms with Crippen LogP contribution in [0.2, 0.25) is 0 Å². The summed E-state index contributed by atoms with van der Waals surface area (Å²) in [6.45, 7) is 0. The van der Waals surface area contributed by atoms with Crippen LogP contribution in [0, 0.1) is 0 Å². The number of anilines is 2. The first-order valence-electron chi connectivity index (χ1n) is 7.27. The number of rotatable bonds is 5. The molecule has 0 atom stereocenters. The molecule has 0 fully saturated rings. The number of nitrogens with zero attached hydrogens (tertiary/aromatic N) is 1. The van der Waals surface area contributed by atoms with E-state index in [9.17, 15) is 4.79 Å². The second kappa shape index (κ2) is 6.72. The van der Waals surface area contributed by atoms with Gasteiger partial charge in [0.2, 0.25) is 0 Å². The molecule has 1 aliphatic heterocycles. The van der Waals surface area contributed by atoms with Crippen molar-refractivity contribution in [2.24, 2.45) is 0 Å². The Balaban J connectivity index is 1.77. The average molecular weight is 340 g/mol. The highest BCUT2D eigenvalue weighted by Gasteiger charge is 2.29. The molecule has 1 heterocycles. The Kier molecular flexibility index (Phi) is 4.48. The molecule has 1 aliphatic rings. The minimum atomic E-state index is -0.179. The lowest BCUT2D eigenvalue weighted by molar-refractivity contribution is -0.113. The number of nitrogens with one attached hydrogen (secondary N) is 1. The summed E-state index contributed by atoms with van der Waals surface area (Å²) in [7, 11) is 3.21. The third-order valence-electron chi connectivity index (χ3n) is 3.62. The van der Waals surface area contributed by atoms with Gasteiger partial charge in [0.1, 0.15) is 16.5 Å². The maximum atomic E-state index is 12.3. The van der Waals surface area contributed by atoms with Crippen molar-refractivity contribution in [3.63, 3.8) is 0 Å². The second-order valence-electron chi connectivity index (χ2n) is 5.09. The van der Waals surface area contributed by atoms with Gasteiger partial charge in [0, 0.05) is 11.8 Å². The maximum absolute atomic E-state index is 12.3. The molecule has 0 saturated heterocycles. The minimum Gasteiger partial charge on any atom is -0.497 e. The zero-order chi connectivity index (χ0) is 17.1. The normalized spacial score (nSPS) is 13.8. The van der Waals surface area contributed by atoms with Gasteiger partial charge in [0.05, 0.1) is 25.6 Å². The number of hydrogen-bond acceptors (Lipinski definition) is 5. The van der Waals surface area contributed by atoms with Crippen molar-refractivity contribution < 1.29 is 14.3 Å². The first-order valence-corrected chi connectivity index (χ1v) is 7.68. The molecule has 0 spiro atoms. The lowest BCUT2D eigenvalue weighted by Gasteiger charge is -2.18. The number of methoxy groups -OCH3 is 2. The van der Waals surface area contributed by atoms with Crippen LogP contribution < -0.4 is 19.7 Å². The SMILES string of the molecule is COc1ccc(NC2=CC(=O)N(c3ccc(OC)cc3)C2=S)cc1. The number of benzene rings is 2. The van der Waals surface area contributed by atoms with Gasteiger partial charge in [-0.1, -0.05) is 12.2 Å². The molecular weight excluding hydrogens is 324 g/mol. The lowest BCUT2D eigenvalue weighted by Crippen LogP contribution is -2.30. The van der Waals surface area contributed by atoms with Crippen LogP contribution in [-0.4, -0.2) is 25.1 Å². The van der Waals surface area contributed by atoms with E-state index in [1.165, 1.54) is 11.0 Å². The van der Waals surface area contributed by atoms with E-state index in [1.807, 2.05) is 24.3 Å². The molecule has 3 rings (SSSR count). The maximum Gasteiger partial charge on any atom is 0.258 e. The van der Waals surface area contributed by atoms with Gasteiger partial charge >= 0.3 is 0 Å². The zero-order valence-corrected chi connectivity index (χ0v) is 14.1. The number of amides is 1. The smallest absolute Gasteiger partial charge is 0.258 e. The van der Waals surface area contributed by atoms with Gasteiger partial charge in [0.25, 0.3) is 5.91 Å². The van der Waals surface area contributed by atoms with Gasteiger partial charge in [-0.15, -0.1) is 0 Å². The molecule has 0 radical (unpaired) electrons. The van der Waals surface area contributed by atoms with E-state index in [-0.39, 0.29) is 5.91 Å². The van der Waals surface area contributed by atoms with Crippen molar-refractivity contribution in [1.82, 2.24) is 0 Å². The van der Waals surface area contributed by atoms with Gasteiger partial charge in [-0.25, -0.2) is 0 Å². The van der Waals surface area contributed by atoms with E-state index >= 15 is 0 Å². The average Bonchev–Trinajstić information content (AvgIpc) is 2.89. The van der Waals surface area contributed by atoms with Crippen LogP contribution in [0.4, 0.5) is 11.4 Å². The van der Waals surface area contributed by atoms with Crippen LogP contribution in [0.15, 0.2) is 60.3 Å². The highest BCUT2D eigenvalue weighted by Crippen LogP contribution is 2.27. The Morgan fingerprint density at radius 3 is 2.00 bits per heavy atom. The predicted molar refractivity (Wildman–Crippen MR) is 97.8 cm³/mol. The summed E-state index contributed by atoms with van der Waals surface area (Å²) in [5.74, 6) is 1.31. The molecule has 0 saturated carbocycles. The quantitative estimate of drug-likeness (QED) is 0.846. The monoisotopic (exact) mass is 340 g/mol. The Morgan fingerprint density at radius 1 is 0.917 bits per heavy atom. The molecule has 0 unspecified atom stereocenters. The Labute approximate surface area is 145 Å². The molecule has 6 heteroatoms. The topological polar surface area (TPSA) is 50.8 Å². The van der Waals surface area contributed by atoms with E-state index in [2.05, 4.69) is 5.32 Å². The van der Waals surface area contributed by atoms with Gasteiger partial charge < -0.3 is 14.8 Å². The molecule has 24 heavy (non-hydrogen) atoms. The predicted octanol–water partition coefficient (Wildman–Crippen LogP) is 3.37. The number of carbonyl (C=O) groups excluding carboxylic acids is 1. The summed E-state index contributed by atoms with van der Waals surface area (Å²) < 4.78 is 10.3. The molecule has 0 bridgehead atoms. The van der Waals surface area contributed by atoms with Crippen molar-refractivity contribution in [3.8, 4) is 11.5 Å². The zero-order valence-electron chi connectivity index (χ0n) is 13.3. The third kappa shape index (κ3) is 3.09. The number of hydrogen-bond donors (Lipinski definition) is 1. The largest absolute Gasteiger partial charge is 0.497 e. The van der Waals surface area contributed by atoms with E-state index in [1.54, 1.807) is 38.5 Å². The Bertz CT molecular complexity index is 798. The molecule has 122 valence electrons. The molecule has 2 aromatic carbocycles. The Morgan fingerprint density at radius 2 is 1.46 bits per heavy atom. The molecule has 0 aromatic heterocycles. The summed E-state index contributed by atoms with van der Waals surface area (Å²) >= 11 is 5.45. The minimum absolute atomic E-state index is 0.179. The highest BCUT2D eigenvalue weighted by atomic mass is 32.1. The van der Waals surface area contributed by atoms with E-state index in [0.717, 1.165) is 17.2 Å². The van der Waals surface area contributed by atoms with Crippen molar-refractivity contribution in [2.75, 3.05) is 24.4 Å². The molecule has 1 amide bonds. The molecule has 0 aliphatic carbocycles. The van der Waals surface area contributed by atoms with Gasteiger partial charge in [-0.3, -0.25) is 9.69 Å². The number of carbonyl (C=O) groups is 1. The second-order valence-corrected chi connectivity index (χ2v) is 5.48. The fourth-order valence-electron chi connectivity index (χ4n) is 2.37. The highest BCUT2D eigenvalue weighted by molar-refractivity contribution is 7.81. The van der Waals surface area contributed by atoms with Crippen LogP contribution in [0.25, 0.3) is 0 Å². The summed E-state index contributed by atoms with van der Waals surface area (Å²) in [5, 5.41) is 3.17. The van der Waals surface area contributed by atoms with Gasteiger partial charge in [-0.05, 0) is 48.5 Å². The molecule has 5 nitrogen and oxygen atoms in total. The number of ether oxygens (including phenoxy) is 2. The summed E-state index contributed by atoms with van der Waals surface area (Å²) in [5.41, 5.74) is 2.12. The fraction of sp³-hybridized carbons (Fsp3) is 0.111. The van der Waals surface area contributed by atoms with Gasteiger partial charge in [0.15, 0.2) is 0 Å². The van der Waals surface area contributed by atoms with Crippen LogP contribution in [-0.2, 0) is 4.79 Å². The van der Waals surface area contributed by atoms with Crippen LogP contribution in [0.3, 0.4) is 0 Å². The number of thiocarbonyl (C=S) groups is 1. The first kappa shape index (κ1) is 16.0. The van der Waals surface area contributed by atoms with Crippen LogP contribution in [0.5, 0.6) is 11.5 Å². The van der Waals surface area contributed by atoms with E-state index in [0.29, 0.717) is 16.4 Å². The van der Waals surface area contributed by atoms with Gasteiger partial charge in [-0.2, -0.15) is 0 Å². The fourth-order valence-corrected chi connectivity index (χ4v) is 2.67. The summed E-state index contributed by atoms with van der Waals surface area (Å²) in [4.78, 5) is 14.2. The third-order valence-corrected chi connectivity index (χ3v) is 4.02. The van der Waals surface area contributed by atoms with Crippen LogP contribution >= 0.6 is 12.2 Å². The molecule has 1 N–H and O–H groups in total. The van der Waals surface area contributed by atoms with Crippen LogP contribution in [0.1, 0.15) is 0 Å². The van der Waals surface area contributed by atoms with E-state index in [4.69, 9.17) is 21.7 Å². The summed E-state index contributed by atoms with van der Waals surface area (Å²) in [6.07, 6.45) is 1.50. The Hall–Kier alpha value is -2.86. The summed E-state index contributed by atoms with van der Waals surface area (Å²) in [6, 6.07) is 14.6. The van der Waals surface area contributed by atoms with Crippen molar-refractivity contribution in [1.29, 1.82) is 0 Å². The lowest BCUT2D eigenvalue weighted by atomic mass is 10.2. The van der Waals surface area contributed by atoms with Crippen molar-refractivity contribution in [3.05, 3.63) is 60.3 Å². The molecule has 2 aromatic rings. The van der Waals surface area contributed by atoms with Crippen molar-refractivity contribution in [2.45, 2.75) is 0 Å².